The van der Waals surface area contributed by atoms with Crippen LogP contribution in [0.5, 0.6) is 0 Å². The van der Waals surface area contributed by atoms with E-state index in [1.165, 1.54) is 0 Å². The number of sulfonamides is 1. The van der Waals surface area contributed by atoms with Gasteiger partial charge in [-0.05, 0) is 34.1 Å². The Kier molecular flexibility index (Phi) is 6.52. The highest BCUT2D eigenvalue weighted by molar-refractivity contribution is 7.90. The molecule has 0 aliphatic rings. The smallest absolute Gasteiger partial charge is 0.299 e. The molecule has 1 N–H and O–H groups in total. The van der Waals surface area contributed by atoms with E-state index in [1.54, 1.807) is 6.92 Å². The standard InChI is InChI=1S/C11H24N2O3S/c1-6-8-9-17(14,15)13-10(16-7-2)12-11(3,4)5/h6-9H2,1-5H3,(H,12,13). The van der Waals surface area contributed by atoms with E-state index < -0.39 is 10.0 Å². The second-order valence-corrected chi connectivity index (χ2v) is 6.64. The lowest BCUT2D eigenvalue weighted by Crippen LogP contribution is -2.36. The van der Waals surface area contributed by atoms with Gasteiger partial charge < -0.3 is 4.74 Å². The molecule has 0 unspecified atom stereocenters. The zero-order valence-corrected chi connectivity index (χ0v) is 12.2. The maximum Gasteiger partial charge on any atom is 0.299 e. The number of aliphatic imine (C=N–C) groups is 1. The predicted molar refractivity (Wildman–Crippen MR) is 70.6 cm³/mol. The zero-order chi connectivity index (χ0) is 13.5. The molecular formula is C11H24N2O3S. The molecule has 0 aliphatic carbocycles. The van der Waals surface area contributed by atoms with Crippen LogP contribution >= 0.6 is 0 Å². The van der Waals surface area contributed by atoms with E-state index in [4.69, 9.17) is 4.74 Å². The van der Waals surface area contributed by atoms with Crippen molar-refractivity contribution in [1.29, 1.82) is 0 Å². The summed E-state index contributed by atoms with van der Waals surface area (Å²) in [6.45, 7) is 9.76. The highest BCUT2D eigenvalue weighted by Crippen LogP contribution is 2.07. The summed E-state index contributed by atoms with van der Waals surface area (Å²) in [6.07, 6.45) is 1.46. The molecule has 0 aliphatic heterocycles. The lowest BCUT2D eigenvalue weighted by molar-refractivity contribution is 0.310. The lowest BCUT2D eigenvalue weighted by Gasteiger charge is -2.16. The van der Waals surface area contributed by atoms with Crippen LogP contribution in [0.15, 0.2) is 4.99 Å². The monoisotopic (exact) mass is 264 g/mol. The van der Waals surface area contributed by atoms with Crippen molar-refractivity contribution in [3.63, 3.8) is 0 Å². The second-order valence-electron chi connectivity index (χ2n) is 4.80. The SMILES string of the molecule is CCCCS(=O)(=O)NC(=NC(C)(C)C)OCC. The largest absolute Gasteiger partial charge is 0.465 e. The van der Waals surface area contributed by atoms with Gasteiger partial charge in [0.1, 0.15) is 0 Å². The van der Waals surface area contributed by atoms with Crippen LogP contribution in [0.2, 0.25) is 0 Å². The van der Waals surface area contributed by atoms with Crippen LogP contribution in [0.3, 0.4) is 0 Å². The van der Waals surface area contributed by atoms with Crippen LogP contribution in [0.1, 0.15) is 47.5 Å². The van der Waals surface area contributed by atoms with Gasteiger partial charge in [-0.15, -0.1) is 0 Å². The second kappa shape index (κ2) is 6.83. The van der Waals surface area contributed by atoms with Gasteiger partial charge in [0.2, 0.25) is 10.0 Å². The van der Waals surface area contributed by atoms with Gasteiger partial charge in [0.05, 0.1) is 17.9 Å². The number of rotatable bonds is 5. The Morgan fingerprint density at radius 2 is 1.88 bits per heavy atom. The minimum atomic E-state index is -3.34. The maximum absolute atomic E-state index is 11.7. The molecule has 0 amide bonds. The molecule has 0 heterocycles. The predicted octanol–water partition coefficient (Wildman–Crippen LogP) is 1.90. The highest BCUT2D eigenvalue weighted by Gasteiger charge is 2.16. The van der Waals surface area contributed by atoms with Gasteiger partial charge in [-0.25, -0.2) is 18.1 Å². The number of ether oxygens (including phenoxy) is 1. The van der Waals surface area contributed by atoms with Crippen LogP contribution in [-0.2, 0) is 14.8 Å². The summed E-state index contributed by atoms with van der Waals surface area (Å²) in [6, 6.07) is 0.0797. The lowest BCUT2D eigenvalue weighted by atomic mass is 10.1. The first-order valence-electron chi connectivity index (χ1n) is 5.93. The molecule has 0 saturated carbocycles. The fourth-order valence-electron chi connectivity index (χ4n) is 1.04. The average Bonchev–Trinajstić information content (AvgIpc) is 2.12. The van der Waals surface area contributed by atoms with Gasteiger partial charge >= 0.3 is 0 Å². The number of hydrogen-bond acceptors (Lipinski definition) is 4. The summed E-state index contributed by atoms with van der Waals surface area (Å²) in [5.41, 5.74) is -0.377. The minimum absolute atomic E-state index is 0.0797. The molecule has 17 heavy (non-hydrogen) atoms. The molecule has 102 valence electrons. The minimum Gasteiger partial charge on any atom is -0.465 e. The Labute approximate surface area is 105 Å². The van der Waals surface area contributed by atoms with Crippen LogP contribution in [0, 0.1) is 0 Å². The molecule has 5 nitrogen and oxygen atoms in total. The number of nitrogens with one attached hydrogen (secondary N) is 1. The Morgan fingerprint density at radius 3 is 2.29 bits per heavy atom. The molecule has 0 bridgehead atoms. The normalized spacial score (nSPS) is 13.6. The molecule has 0 aromatic rings. The van der Waals surface area contributed by atoms with Gasteiger partial charge in [-0.1, -0.05) is 13.3 Å². The van der Waals surface area contributed by atoms with Crippen LogP contribution in [0.25, 0.3) is 0 Å². The molecule has 0 aromatic carbocycles. The van der Waals surface area contributed by atoms with E-state index >= 15 is 0 Å². The van der Waals surface area contributed by atoms with Crippen molar-refractivity contribution in [2.45, 2.75) is 53.0 Å². The Hall–Kier alpha value is -0.780. The van der Waals surface area contributed by atoms with E-state index in [1.807, 2.05) is 27.7 Å². The van der Waals surface area contributed by atoms with Crippen molar-refractivity contribution in [3.8, 4) is 0 Å². The van der Waals surface area contributed by atoms with E-state index in [0.717, 1.165) is 6.42 Å². The molecule has 0 aromatic heterocycles. The summed E-state index contributed by atoms with van der Waals surface area (Å²) in [4.78, 5) is 4.20. The molecule has 0 fully saturated rings. The Morgan fingerprint density at radius 1 is 1.29 bits per heavy atom. The fourth-order valence-corrected chi connectivity index (χ4v) is 2.19. The first kappa shape index (κ1) is 16.2. The quantitative estimate of drug-likeness (QED) is 0.609. The van der Waals surface area contributed by atoms with Gasteiger partial charge in [-0.3, -0.25) is 0 Å². The molecular weight excluding hydrogens is 240 g/mol. The molecule has 0 atom stereocenters. The van der Waals surface area contributed by atoms with Crippen molar-refractivity contribution in [2.75, 3.05) is 12.4 Å². The number of nitrogens with zero attached hydrogens (tertiary/aromatic N) is 1. The summed E-state index contributed by atoms with van der Waals surface area (Å²) >= 11 is 0. The van der Waals surface area contributed by atoms with Crippen molar-refractivity contribution in [3.05, 3.63) is 0 Å². The third-order valence-corrected chi connectivity index (χ3v) is 3.04. The Bertz CT molecular complexity index is 342. The first-order chi connectivity index (χ1) is 7.70. The van der Waals surface area contributed by atoms with Crippen molar-refractivity contribution in [2.24, 2.45) is 4.99 Å². The third kappa shape index (κ3) is 8.97. The van der Waals surface area contributed by atoms with Crippen LogP contribution in [-0.4, -0.2) is 32.3 Å². The first-order valence-corrected chi connectivity index (χ1v) is 7.58. The topological polar surface area (TPSA) is 67.8 Å². The summed E-state index contributed by atoms with van der Waals surface area (Å²) in [5.74, 6) is 0.0970. The molecule has 0 saturated heterocycles. The third-order valence-electron chi connectivity index (χ3n) is 1.73. The van der Waals surface area contributed by atoms with E-state index in [0.29, 0.717) is 13.0 Å². The fraction of sp³-hybridized carbons (Fsp3) is 0.909. The average molecular weight is 264 g/mol. The van der Waals surface area contributed by atoms with Crippen molar-refractivity contribution in [1.82, 2.24) is 4.72 Å². The number of unbranched alkanes of at least 4 members (excludes halogenated alkanes) is 1. The molecule has 6 heteroatoms. The highest BCUT2D eigenvalue weighted by atomic mass is 32.2. The maximum atomic E-state index is 11.7. The van der Waals surface area contributed by atoms with E-state index in [2.05, 4.69) is 9.71 Å². The van der Waals surface area contributed by atoms with Gasteiger partial charge in [0.25, 0.3) is 6.02 Å². The summed E-state index contributed by atoms with van der Waals surface area (Å²) in [5, 5.41) is 0. The van der Waals surface area contributed by atoms with Crippen LogP contribution < -0.4 is 4.72 Å². The summed E-state index contributed by atoms with van der Waals surface area (Å²) in [7, 11) is -3.34. The zero-order valence-electron chi connectivity index (χ0n) is 11.4. The number of hydrogen-bond donors (Lipinski definition) is 1. The van der Waals surface area contributed by atoms with Crippen LogP contribution in [0.4, 0.5) is 0 Å². The van der Waals surface area contributed by atoms with Gasteiger partial charge in [0, 0.05) is 0 Å². The molecule has 0 rings (SSSR count). The number of amidine groups is 1. The van der Waals surface area contributed by atoms with Gasteiger partial charge in [0.15, 0.2) is 0 Å². The van der Waals surface area contributed by atoms with E-state index in [9.17, 15) is 8.42 Å². The van der Waals surface area contributed by atoms with E-state index in [-0.39, 0.29) is 17.3 Å². The molecule has 0 radical (unpaired) electrons. The molecule has 0 spiro atoms. The van der Waals surface area contributed by atoms with Crippen molar-refractivity contribution < 1.29 is 13.2 Å². The van der Waals surface area contributed by atoms with Gasteiger partial charge in [-0.2, -0.15) is 0 Å². The van der Waals surface area contributed by atoms with Crippen molar-refractivity contribution >= 4 is 16.0 Å². The Balaban J connectivity index is 4.71. The summed E-state index contributed by atoms with van der Waals surface area (Å²) < 4.78 is 31.0.